The van der Waals surface area contributed by atoms with Crippen LogP contribution in [0, 0.1) is 17.8 Å². The van der Waals surface area contributed by atoms with Gasteiger partial charge in [0.2, 0.25) is 0 Å². The molecule has 0 radical (unpaired) electrons. The number of ketones is 1. The summed E-state index contributed by atoms with van der Waals surface area (Å²) in [4.78, 5) is 16.2. The van der Waals surface area contributed by atoms with Crippen LogP contribution in [0.3, 0.4) is 0 Å². The first-order valence-electron chi connectivity index (χ1n) is 6.45. The summed E-state index contributed by atoms with van der Waals surface area (Å²) in [5.41, 5.74) is 6.63. The van der Waals surface area contributed by atoms with Crippen molar-refractivity contribution in [1.29, 1.82) is 0 Å². The van der Waals surface area contributed by atoms with Crippen molar-refractivity contribution in [3.8, 4) is 0 Å². The minimum atomic E-state index is 0.322. The Labute approximate surface area is 101 Å². The van der Waals surface area contributed by atoms with E-state index in [2.05, 4.69) is 4.98 Å². The lowest BCUT2D eigenvalue weighted by molar-refractivity contribution is -0.123. The molecule has 2 aliphatic rings. The molecule has 2 N–H and O–H groups in total. The Kier molecular flexibility index (Phi) is 2.61. The van der Waals surface area contributed by atoms with Crippen LogP contribution in [-0.2, 0) is 11.2 Å². The zero-order valence-corrected chi connectivity index (χ0v) is 9.93. The number of carbonyl (C=O) groups is 1. The smallest absolute Gasteiger partial charge is 0.140 e. The molecule has 3 rings (SSSR count). The fourth-order valence-electron chi connectivity index (χ4n) is 3.58. The van der Waals surface area contributed by atoms with Crippen molar-refractivity contribution in [2.24, 2.45) is 17.8 Å². The highest BCUT2D eigenvalue weighted by Gasteiger charge is 2.42. The second kappa shape index (κ2) is 4.13. The number of nitrogen functional groups attached to an aromatic ring is 1. The van der Waals surface area contributed by atoms with E-state index in [9.17, 15) is 4.79 Å². The van der Waals surface area contributed by atoms with Gasteiger partial charge in [0, 0.05) is 18.5 Å². The quantitative estimate of drug-likeness (QED) is 0.866. The van der Waals surface area contributed by atoms with Gasteiger partial charge in [-0.05, 0) is 48.8 Å². The molecule has 0 spiro atoms. The SMILES string of the molecule is Nc1cc(CC(=O)C2CC3CCC2C3)ccn1. The second-order valence-electron chi connectivity index (χ2n) is 5.51. The summed E-state index contributed by atoms with van der Waals surface area (Å²) in [6.07, 6.45) is 7.23. The number of nitrogens with zero attached hydrogens (tertiary/aromatic N) is 1. The zero-order valence-electron chi connectivity index (χ0n) is 9.93. The van der Waals surface area contributed by atoms with Crippen molar-refractivity contribution in [3.05, 3.63) is 23.9 Å². The Morgan fingerprint density at radius 1 is 1.41 bits per heavy atom. The van der Waals surface area contributed by atoms with Crippen LogP contribution in [0.15, 0.2) is 18.3 Å². The molecule has 90 valence electrons. The number of nitrogens with two attached hydrogens (primary N) is 1. The highest BCUT2D eigenvalue weighted by atomic mass is 16.1. The lowest BCUT2D eigenvalue weighted by Crippen LogP contribution is -2.22. The van der Waals surface area contributed by atoms with Crippen LogP contribution in [0.25, 0.3) is 0 Å². The van der Waals surface area contributed by atoms with Gasteiger partial charge in [-0.25, -0.2) is 4.98 Å². The maximum absolute atomic E-state index is 12.3. The highest BCUT2D eigenvalue weighted by molar-refractivity contribution is 5.84. The summed E-state index contributed by atoms with van der Waals surface area (Å²) in [7, 11) is 0. The molecule has 0 aromatic carbocycles. The van der Waals surface area contributed by atoms with Gasteiger partial charge in [-0.1, -0.05) is 6.42 Å². The number of carbonyl (C=O) groups excluding carboxylic acids is 1. The monoisotopic (exact) mass is 230 g/mol. The molecule has 0 amide bonds. The minimum absolute atomic E-state index is 0.322. The molecular formula is C14H18N2O. The van der Waals surface area contributed by atoms with Crippen LogP contribution in [0.4, 0.5) is 5.82 Å². The minimum Gasteiger partial charge on any atom is -0.384 e. The van der Waals surface area contributed by atoms with E-state index in [1.165, 1.54) is 19.3 Å². The molecule has 0 aliphatic heterocycles. The third kappa shape index (κ3) is 2.06. The van der Waals surface area contributed by atoms with Crippen molar-refractivity contribution >= 4 is 11.6 Å². The molecule has 3 unspecified atom stereocenters. The second-order valence-corrected chi connectivity index (χ2v) is 5.51. The Morgan fingerprint density at radius 2 is 2.29 bits per heavy atom. The lowest BCUT2D eigenvalue weighted by atomic mass is 9.84. The molecule has 3 atom stereocenters. The van der Waals surface area contributed by atoms with Crippen molar-refractivity contribution in [2.45, 2.75) is 32.1 Å². The van der Waals surface area contributed by atoms with E-state index < -0.39 is 0 Å². The maximum Gasteiger partial charge on any atom is 0.140 e. The van der Waals surface area contributed by atoms with Crippen LogP contribution >= 0.6 is 0 Å². The van der Waals surface area contributed by atoms with Gasteiger partial charge in [-0.15, -0.1) is 0 Å². The summed E-state index contributed by atoms with van der Waals surface area (Å²) < 4.78 is 0. The maximum atomic E-state index is 12.3. The molecule has 1 heterocycles. The van der Waals surface area contributed by atoms with Gasteiger partial charge in [-0.3, -0.25) is 4.79 Å². The van der Waals surface area contributed by atoms with Gasteiger partial charge in [0.05, 0.1) is 0 Å². The number of rotatable bonds is 3. The lowest BCUT2D eigenvalue weighted by Gasteiger charge is -2.20. The van der Waals surface area contributed by atoms with Crippen LogP contribution < -0.4 is 5.73 Å². The average Bonchev–Trinajstić information content (AvgIpc) is 2.90. The van der Waals surface area contributed by atoms with E-state index in [1.54, 1.807) is 6.20 Å². The first-order valence-corrected chi connectivity index (χ1v) is 6.45. The Morgan fingerprint density at radius 3 is 2.94 bits per heavy atom. The Hall–Kier alpha value is -1.38. The topological polar surface area (TPSA) is 56.0 Å². The first kappa shape index (κ1) is 10.8. The van der Waals surface area contributed by atoms with Crippen molar-refractivity contribution in [3.63, 3.8) is 0 Å². The molecule has 2 fully saturated rings. The van der Waals surface area contributed by atoms with Gasteiger partial charge in [-0.2, -0.15) is 0 Å². The summed E-state index contributed by atoms with van der Waals surface area (Å²) in [5, 5.41) is 0. The van der Waals surface area contributed by atoms with Crippen LogP contribution in [0.2, 0.25) is 0 Å². The number of aromatic nitrogens is 1. The fourth-order valence-corrected chi connectivity index (χ4v) is 3.58. The summed E-state index contributed by atoms with van der Waals surface area (Å²) in [6.45, 7) is 0. The number of anilines is 1. The standard InChI is InChI=1S/C14H18N2O/c15-14-8-10(3-4-16-14)7-13(17)12-6-9-1-2-11(12)5-9/h3-4,8-9,11-12H,1-2,5-7H2,(H2,15,16). The Bertz CT molecular complexity index is 444. The summed E-state index contributed by atoms with van der Waals surface area (Å²) in [6, 6.07) is 3.70. The van der Waals surface area contributed by atoms with E-state index in [-0.39, 0.29) is 0 Å². The van der Waals surface area contributed by atoms with Gasteiger partial charge in [0.25, 0.3) is 0 Å². The van der Waals surface area contributed by atoms with Crippen LogP contribution in [-0.4, -0.2) is 10.8 Å². The number of hydrogen-bond acceptors (Lipinski definition) is 3. The fraction of sp³-hybridized carbons (Fsp3) is 0.571. The predicted octanol–water partition coefficient (Wildman–Crippen LogP) is 2.21. The molecular weight excluding hydrogens is 212 g/mol. The highest BCUT2D eigenvalue weighted by Crippen LogP contribution is 2.48. The molecule has 1 aromatic rings. The number of Topliss-reactive ketones (excluding diaryl/α,β-unsaturated/α-hetero) is 1. The Balaban J connectivity index is 1.68. The average molecular weight is 230 g/mol. The van der Waals surface area contributed by atoms with Crippen molar-refractivity contribution < 1.29 is 4.79 Å². The summed E-state index contributed by atoms with van der Waals surface area (Å²) in [5.74, 6) is 2.73. The predicted molar refractivity (Wildman–Crippen MR) is 66.3 cm³/mol. The van der Waals surface area contributed by atoms with Crippen molar-refractivity contribution in [1.82, 2.24) is 4.98 Å². The van der Waals surface area contributed by atoms with Crippen LogP contribution in [0.5, 0.6) is 0 Å². The first-order chi connectivity index (χ1) is 8.22. The van der Waals surface area contributed by atoms with Gasteiger partial charge >= 0.3 is 0 Å². The van der Waals surface area contributed by atoms with E-state index in [1.807, 2.05) is 12.1 Å². The van der Waals surface area contributed by atoms with Crippen molar-refractivity contribution in [2.75, 3.05) is 5.73 Å². The number of pyridine rings is 1. The largest absolute Gasteiger partial charge is 0.384 e. The third-order valence-electron chi connectivity index (χ3n) is 4.38. The number of fused-ring (bicyclic) bond motifs is 2. The van der Waals surface area contributed by atoms with Crippen LogP contribution in [0.1, 0.15) is 31.2 Å². The van der Waals surface area contributed by atoms with Gasteiger partial charge < -0.3 is 5.73 Å². The molecule has 3 heteroatoms. The van der Waals surface area contributed by atoms with Gasteiger partial charge in [0.1, 0.15) is 11.6 Å². The molecule has 17 heavy (non-hydrogen) atoms. The molecule has 2 saturated carbocycles. The molecule has 3 nitrogen and oxygen atoms in total. The van der Waals surface area contributed by atoms with Gasteiger partial charge in [0.15, 0.2) is 0 Å². The van der Waals surface area contributed by atoms with E-state index in [4.69, 9.17) is 5.73 Å². The molecule has 1 aromatic heterocycles. The van der Waals surface area contributed by atoms with E-state index in [0.29, 0.717) is 29.9 Å². The normalized spacial score (nSPS) is 30.7. The van der Waals surface area contributed by atoms with E-state index >= 15 is 0 Å². The third-order valence-corrected chi connectivity index (χ3v) is 4.38. The molecule has 0 saturated heterocycles. The molecule has 2 aliphatic carbocycles. The zero-order chi connectivity index (χ0) is 11.8. The summed E-state index contributed by atoms with van der Waals surface area (Å²) >= 11 is 0. The molecule has 2 bridgehead atoms. The van der Waals surface area contributed by atoms with E-state index in [0.717, 1.165) is 17.9 Å². The number of hydrogen-bond donors (Lipinski definition) is 1.